The molecule has 0 aliphatic carbocycles. The van der Waals surface area contributed by atoms with Crippen LogP contribution in [0.15, 0.2) is 48.8 Å². The molecule has 0 saturated carbocycles. The number of hydrogen-bond acceptors (Lipinski definition) is 6. The second-order valence-electron chi connectivity index (χ2n) is 12.0. The Labute approximate surface area is 258 Å². The third-order valence-corrected chi connectivity index (χ3v) is 8.87. The number of urea groups is 1. The first-order chi connectivity index (χ1) is 21.4. The smallest absolute Gasteiger partial charge is 0.319 e. The minimum Gasteiger partial charge on any atom is -0.494 e. The van der Waals surface area contributed by atoms with Crippen molar-refractivity contribution in [3.63, 3.8) is 0 Å². The number of hydrogen-bond donors (Lipinski definition) is 2. The van der Waals surface area contributed by atoms with Crippen LogP contribution in [-0.4, -0.2) is 62.8 Å². The standard InChI is InChI=1S/C31H34F4N4O5Si/c1-41-26-11-19(5-6-22(26)32)21-14-39(18-42-9-10-45(2,3)4)29-27(21)25(7-8-36-29)44-28-23(33)12-20(13-24(28)34)38-30(40)37-15-31(35)16-43-17-31/h5-8,11-14H,9-10,15-18H2,1-4H3,(H2,37,38,40). The quantitative estimate of drug-likeness (QED) is 0.0970. The van der Waals surface area contributed by atoms with Crippen LogP contribution in [0.5, 0.6) is 17.2 Å². The number of methoxy groups -OCH3 is 1. The van der Waals surface area contributed by atoms with Gasteiger partial charge in [-0.1, -0.05) is 25.7 Å². The Morgan fingerprint density at radius 2 is 1.80 bits per heavy atom. The van der Waals surface area contributed by atoms with E-state index in [0.717, 1.165) is 18.2 Å². The lowest BCUT2D eigenvalue weighted by Crippen LogP contribution is -2.54. The topological polar surface area (TPSA) is 95.9 Å². The molecule has 2 amide bonds. The summed E-state index contributed by atoms with van der Waals surface area (Å²) in [5, 5.41) is 5.01. The van der Waals surface area contributed by atoms with Crippen LogP contribution in [0, 0.1) is 17.5 Å². The zero-order valence-electron chi connectivity index (χ0n) is 25.3. The Balaban J connectivity index is 1.45. The molecule has 1 aliphatic rings. The number of benzene rings is 2. The largest absolute Gasteiger partial charge is 0.494 e. The van der Waals surface area contributed by atoms with Crippen molar-refractivity contribution in [3.8, 4) is 28.4 Å². The van der Waals surface area contributed by atoms with Gasteiger partial charge in [0.15, 0.2) is 34.6 Å². The van der Waals surface area contributed by atoms with E-state index in [-0.39, 0.29) is 43.7 Å². The summed E-state index contributed by atoms with van der Waals surface area (Å²) in [6.07, 6.45) is 3.19. The average Bonchev–Trinajstić information content (AvgIpc) is 3.34. The monoisotopic (exact) mass is 646 g/mol. The second kappa shape index (κ2) is 13.1. The van der Waals surface area contributed by atoms with Gasteiger partial charge in [0.1, 0.15) is 18.1 Å². The zero-order chi connectivity index (χ0) is 32.4. The molecule has 2 aromatic heterocycles. The van der Waals surface area contributed by atoms with E-state index in [2.05, 4.69) is 35.3 Å². The van der Waals surface area contributed by atoms with Crippen molar-refractivity contribution in [2.45, 2.75) is 38.1 Å². The summed E-state index contributed by atoms with van der Waals surface area (Å²) in [7, 11) is 0.0130. The number of halogens is 4. The molecular formula is C31H34F4N4O5Si. The maximum atomic E-state index is 15.3. The fourth-order valence-electron chi connectivity index (χ4n) is 4.64. The summed E-state index contributed by atoms with van der Waals surface area (Å²) in [6, 6.07) is 7.66. The molecule has 0 radical (unpaired) electrons. The molecule has 0 unspecified atom stereocenters. The molecule has 0 spiro atoms. The number of carbonyl (C=O) groups is 1. The van der Waals surface area contributed by atoms with Gasteiger partial charge in [-0.15, -0.1) is 0 Å². The molecule has 3 heterocycles. The van der Waals surface area contributed by atoms with E-state index in [9.17, 15) is 13.6 Å². The molecule has 2 aromatic carbocycles. The lowest BCUT2D eigenvalue weighted by Gasteiger charge is -2.33. The Hall–Kier alpha value is -4.14. The Morgan fingerprint density at radius 3 is 2.44 bits per heavy atom. The number of fused-ring (bicyclic) bond motifs is 1. The minimum atomic E-state index is -1.67. The molecular weight excluding hydrogens is 612 g/mol. The molecule has 0 atom stereocenters. The zero-order valence-corrected chi connectivity index (χ0v) is 26.3. The SMILES string of the molecule is COc1cc(-c2cn(COCC[Si](C)(C)C)c3nccc(Oc4c(F)cc(NC(=O)NCC5(F)COC5)cc4F)c23)ccc1F. The van der Waals surface area contributed by atoms with Gasteiger partial charge < -0.3 is 34.1 Å². The van der Waals surface area contributed by atoms with Gasteiger partial charge in [-0.3, -0.25) is 0 Å². The number of nitrogens with zero attached hydrogens (tertiary/aromatic N) is 2. The summed E-state index contributed by atoms with van der Waals surface area (Å²) in [6.45, 7) is 6.83. The Bertz CT molecular complexity index is 1680. The lowest BCUT2D eigenvalue weighted by atomic mass is 10.0. The fourth-order valence-corrected chi connectivity index (χ4v) is 5.39. The summed E-state index contributed by atoms with van der Waals surface area (Å²) >= 11 is 0. The van der Waals surface area contributed by atoms with Crippen molar-refractivity contribution in [1.29, 1.82) is 0 Å². The van der Waals surface area contributed by atoms with Crippen LogP contribution >= 0.6 is 0 Å². The molecule has 2 N–H and O–H groups in total. The maximum absolute atomic E-state index is 15.3. The highest BCUT2D eigenvalue weighted by atomic mass is 28.3. The van der Waals surface area contributed by atoms with Crippen LogP contribution < -0.4 is 20.1 Å². The summed E-state index contributed by atoms with van der Waals surface area (Å²) in [5.41, 5.74) is -0.367. The Morgan fingerprint density at radius 1 is 1.07 bits per heavy atom. The van der Waals surface area contributed by atoms with Crippen molar-refractivity contribution in [2.24, 2.45) is 0 Å². The van der Waals surface area contributed by atoms with Crippen molar-refractivity contribution in [3.05, 3.63) is 66.2 Å². The summed E-state index contributed by atoms with van der Waals surface area (Å²) in [5.74, 6) is -3.37. The number of carbonyl (C=O) groups excluding carboxylic acids is 1. The maximum Gasteiger partial charge on any atom is 0.319 e. The van der Waals surface area contributed by atoms with Crippen LogP contribution in [0.25, 0.3) is 22.2 Å². The first-order valence-corrected chi connectivity index (χ1v) is 17.9. The van der Waals surface area contributed by atoms with Gasteiger partial charge in [0.2, 0.25) is 0 Å². The van der Waals surface area contributed by atoms with Gasteiger partial charge in [0.25, 0.3) is 0 Å². The van der Waals surface area contributed by atoms with Crippen LogP contribution in [0.4, 0.5) is 28.0 Å². The number of nitrogens with one attached hydrogen (secondary N) is 2. The van der Waals surface area contributed by atoms with Crippen molar-refractivity contribution in [2.75, 3.05) is 38.8 Å². The molecule has 1 aliphatic heterocycles. The highest BCUT2D eigenvalue weighted by Crippen LogP contribution is 2.40. The lowest BCUT2D eigenvalue weighted by molar-refractivity contribution is -0.125. The van der Waals surface area contributed by atoms with Crippen molar-refractivity contribution >= 4 is 30.8 Å². The number of aromatic nitrogens is 2. The average molecular weight is 647 g/mol. The first kappa shape index (κ1) is 32.3. The van der Waals surface area contributed by atoms with Crippen LogP contribution in [0.2, 0.25) is 25.7 Å². The first-order valence-electron chi connectivity index (χ1n) is 14.2. The predicted molar refractivity (Wildman–Crippen MR) is 164 cm³/mol. The molecule has 4 aromatic rings. The molecule has 1 saturated heterocycles. The normalized spacial score (nSPS) is 14.2. The van der Waals surface area contributed by atoms with Crippen LogP contribution in [0.3, 0.4) is 0 Å². The summed E-state index contributed by atoms with van der Waals surface area (Å²) in [4.78, 5) is 16.7. The second-order valence-corrected chi connectivity index (χ2v) is 17.7. The van der Waals surface area contributed by atoms with Gasteiger partial charge in [0, 0.05) is 50.5 Å². The number of ether oxygens (including phenoxy) is 4. The highest BCUT2D eigenvalue weighted by Gasteiger charge is 2.39. The number of anilines is 1. The van der Waals surface area contributed by atoms with E-state index < -0.39 is 43.0 Å². The Kier molecular flexibility index (Phi) is 9.37. The molecule has 5 rings (SSSR count). The van der Waals surface area contributed by atoms with Gasteiger partial charge in [-0.05, 0) is 29.8 Å². The molecule has 14 heteroatoms. The van der Waals surface area contributed by atoms with Crippen molar-refractivity contribution in [1.82, 2.24) is 14.9 Å². The number of rotatable bonds is 12. The molecule has 1 fully saturated rings. The minimum absolute atomic E-state index is 0.0121. The molecule has 0 bridgehead atoms. The van der Waals surface area contributed by atoms with E-state index in [0.29, 0.717) is 28.8 Å². The van der Waals surface area contributed by atoms with E-state index in [1.165, 1.54) is 31.5 Å². The van der Waals surface area contributed by atoms with E-state index in [4.69, 9.17) is 18.9 Å². The highest BCUT2D eigenvalue weighted by molar-refractivity contribution is 6.76. The van der Waals surface area contributed by atoms with Gasteiger partial charge in [-0.2, -0.15) is 0 Å². The van der Waals surface area contributed by atoms with Gasteiger partial charge in [0.05, 0.1) is 32.3 Å². The number of amides is 2. The number of pyridine rings is 1. The third kappa shape index (κ3) is 7.57. The number of alkyl halides is 1. The summed E-state index contributed by atoms with van der Waals surface area (Å²) < 4.78 is 82.3. The van der Waals surface area contributed by atoms with Gasteiger partial charge >= 0.3 is 6.03 Å². The van der Waals surface area contributed by atoms with Crippen molar-refractivity contribution < 1.29 is 41.3 Å². The fraction of sp³-hybridized carbons (Fsp3) is 0.355. The molecule has 240 valence electrons. The third-order valence-electron chi connectivity index (χ3n) is 7.16. The molecule has 9 nitrogen and oxygen atoms in total. The molecule has 45 heavy (non-hydrogen) atoms. The van der Waals surface area contributed by atoms with Crippen LogP contribution in [-0.2, 0) is 16.2 Å². The van der Waals surface area contributed by atoms with E-state index in [1.54, 1.807) is 16.8 Å². The van der Waals surface area contributed by atoms with E-state index in [1.807, 2.05) is 0 Å². The predicted octanol–water partition coefficient (Wildman–Crippen LogP) is 7.09. The van der Waals surface area contributed by atoms with E-state index >= 15 is 8.78 Å². The van der Waals surface area contributed by atoms with Gasteiger partial charge in [-0.25, -0.2) is 27.3 Å². The van der Waals surface area contributed by atoms with Crippen LogP contribution in [0.1, 0.15) is 0 Å².